The predicted octanol–water partition coefficient (Wildman–Crippen LogP) is 6.56. The molecule has 2 aromatic heterocycles. The highest BCUT2D eigenvalue weighted by Crippen LogP contribution is 2.38. The molecule has 1 amide bonds. The SMILES string of the molecule is COc1ccc(CNC(=O)c2ccc(-c3c(-c4ccc(C)cc4)ncn3C3CCCCC3)o2)cc1. The summed E-state index contributed by atoms with van der Waals surface area (Å²) in [6.07, 6.45) is 7.93. The number of aromatic nitrogens is 2. The van der Waals surface area contributed by atoms with E-state index in [0.29, 0.717) is 24.1 Å². The van der Waals surface area contributed by atoms with Crippen LogP contribution in [-0.4, -0.2) is 22.6 Å². The van der Waals surface area contributed by atoms with Crippen LogP contribution in [0.15, 0.2) is 71.4 Å². The molecule has 0 unspecified atom stereocenters. The molecule has 1 fully saturated rings. The molecule has 35 heavy (non-hydrogen) atoms. The number of imidazole rings is 1. The Morgan fingerprint density at radius 1 is 1.03 bits per heavy atom. The molecule has 5 rings (SSSR count). The van der Waals surface area contributed by atoms with Crippen molar-refractivity contribution in [2.45, 2.75) is 51.6 Å². The molecule has 6 heteroatoms. The van der Waals surface area contributed by atoms with E-state index in [0.717, 1.165) is 41.1 Å². The maximum atomic E-state index is 12.9. The van der Waals surface area contributed by atoms with Crippen LogP contribution in [0.1, 0.15) is 59.8 Å². The summed E-state index contributed by atoms with van der Waals surface area (Å²) in [7, 11) is 1.63. The van der Waals surface area contributed by atoms with Gasteiger partial charge in [-0.3, -0.25) is 4.79 Å². The van der Waals surface area contributed by atoms with Crippen molar-refractivity contribution >= 4 is 5.91 Å². The molecule has 1 saturated carbocycles. The number of aryl methyl sites for hydroxylation is 1. The van der Waals surface area contributed by atoms with Crippen molar-refractivity contribution < 1.29 is 13.9 Å². The lowest BCUT2D eigenvalue weighted by atomic mass is 9.95. The van der Waals surface area contributed by atoms with E-state index in [1.54, 1.807) is 13.2 Å². The third kappa shape index (κ3) is 5.02. The quantitative estimate of drug-likeness (QED) is 0.333. The lowest BCUT2D eigenvalue weighted by molar-refractivity contribution is 0.0924. The van der Waals surface area contributed by atoms with Gasteiger partial charge in [-0.2, -0.15) is 0 Å². The van der Waals surface area contributed by atoms with Crippen LogP contribution in [0.3, 0.4) is 0 Å². The van der Waals surface area contributed by atoms with Crippen molar-refractivity contribution in [1.29, 1.82) is 0 Å². The number of nitrogens with one attached hydrogen (secondary N) is 1. The van der Waals surface area contributed by atoms with Crippen LogP contribution in [0.25, 0.3) is 22.7 Å². The highest BCUT2D eigenvalue weighted by molar-refractivity contribution is 5.92. The Hall–Kier alpha value is -3.80. The first kappa shape index (κ1) is 23.0. The van der Waals surface area contributed by atoms with Gasteiger partial charge in [-0.15, -0.1) is 0 Å². The highest BCUT2D eigenvalue weighted by Gasteiger charge is 2.25. The fourth-order valence-electron chi connectivity index (χ4n) is 4.76. The summed E-state index contributed by atoms with van der Waals surface area (Å²) in [5.74, 6) is 1.50. The van der Waals surface area contributed by atoms with E-state index in [1.807, 2.05) is 36.7 Å². The van der Waals surface area contributed by atoms with Crippen LogP contribution in [0.4, 0.5) is 0 Å². The van der Waals surface area contributed by atoms with E-state index in [1.165, 1.54) is 24.8 Å². The average molecular weight is 470 g/mol. The summed E-state index contributed by atoms with van der Waals surface area (Å²) in [5, 5.41) is 2.95. The van der Waals surface area contributed by atoms with E-state index >= 15 is 0 Å². The summed E-state index contributed by atoms with van der Waals surface area (Å²) < 4.78 is 13.6. The molecule has 1 aliphatic rings. The average Bonchev–Trinajstić information content (AvgIpc) is 3.56. The summed E-state index contributed by atoms with van der Waals surface area (Å²) >= 11 is 0. The van der Waals surface area contributed by atoms with Crippen molar-refractivity contribution in [3.8, 4) is 28.5 Å². The first-order chi connectivity index (χ1) is 17.1. The molecule has 0 saturated heterocycles. The summed E-state index contributed by atoms with van der Waals surface area (Å²) in [6.45, 7) is 2.49. The van der Waals surface area contributed by atoms with E-state index in [9.17, 15) is 4.79 Å². The van der Waals surface area contributed by atoms with E-state index < -0.39 is 0 Å². The molecule has 180 valence electrons. The van der Waals surface area contributed by atoms with Gasteiger partial charge in [0.25, 0.3) is 5.91 Å². The molecule has 0 aliphatic heterocycles. The maximum Gasteiger partial charge on any atom is 0.287 e. The van der Waals surface area contributed by atoms with E-state index in [4.69, 9.17) is 14.1 Å². The standard InChI is InChI=1S/C29H31N3O3/c1-20-8-12-22(13-9-20)27-28(32(19-31-27)23-6-4-3-5-7-23)25-16-17-26(35-25)29(33)30-18-21-10-14-24(34-2)15-11-21/h8-17,19,23H,3-7,18H2,1-2H3,(H,30,33). The third-order valence-electron chi connectivity index (χ3n) is 6.76. The normalized spacial score (nSPS) is 14.1. The Morgan fingerprint density at radius 3 is 2.49 bits per heavy atom. The number of nitrogens with zero attached hydrogens (tertiary/aromatic N) is 2. The summed E-state index contributed by atoms with van der Waals surface area (Å²) in [6, 6.07) is 20.0. The molecule has 0 atom stereocenters. The number of carbonyl (C=O) groups excluding carboxylic acids is 1. The number of amides is 1. The van der Waals surface area contributed by atoms with Crippen LogP contribution < -0.4 is 10.1 Å². The number of methoxy groups -OCH3 is 1. The molecule has 2 heterocycles. The second-order valence-corrected chi connectivity index (χ2v) is 9.20. The monoisotopic (exact) mass is 469 g/mol. The summed E-state index contributed by atoms with van der Waals surface area (Å²) in [5.41, 5.74) is 5.06. The second kappa shape index (κ2) is 10.2. The summed E-state index contributed by atoms with van der Waals surface area (Å²) in [4.78, 5) is 17.7. The van der Waals surface area contributed by atoms with Gasteiger partial charge in [-0.25, -0.2) is 4.98 Å². The van der Waals surface area contributed by atoms with E-state index in [-0.39, 0.29) is 5.91 Å². The number of benzene rings is 2. The fourth-order valence-corrected chi connectivity index (χ4v) is 4.76. The Kier molecular flexibility index (Phi) is 6.70. The number of hydrogen-bond donors (Lipinski definition) is 1. The Labute approximate surface area is 206 Å². The zero-order valence-electron chi connectivity index (χ0n) is 20.3. The van der Waals surface area contributed by atoms with Crippen LogP contribution in [-0.2, 0) is 6.54 Å². The first-order valence-electron chi connectivity index (χ1n) is 12.3. The van der Waals surface area contributed by atoms with Gasteiger partial charge in [0.05, 0.1) is 19.1 Å². The number of carbonyl (C=O) groups is 1. The number of hydrogen-bond acceptors (Lipinski definition) is 4. The highest BCUT2D eigenvalue weighted by atomic mass is 16.5. The van der Waals surface area contributed by atoms with Gasteiger partial charge in [0.2, 0.25) is 0 Å². The molecule has 6 nitrogen and oxygen atoms in total. The Morgan fingerprint density at radius 2 is 1.77 bits per heavy atom. The molecule has 2 aromatic carbocycles. The minimum absolute atomic E-state index is 0.243. The van der Waals surface area contributed by atoms with Crippen LogP contribution in [0.2, 0.25) is 0 Å². The van der Waals surface area contributed by atoms with Crippen molar-refractivity contribution in [3.05, 3.63) is 83.9 Å². The van der Waals surface area contributed by atoms with Gasteiger partial charge in [-0.05, 0) is 49.6 Å². The zero-order chi connectivity index (χ0) is 24.2. The lowest BCUT2D eigenvalue weighted by Gasteiger charge is -2.24. The van der Waals surface area contributed by atoms with Crippen LogP contribution >= 0.6 is 0 Å². The minimum atomic E-state index is -0.243. The number of furan rings is 1. The second-order valence-electron chi connectivity index (χ2n) is 9.20. The zero-order valence-corrected chi connectivity index (χ0v) is 20.3. The molecule has 0 radical (unpaired) electrons. The van der Waals surface area contributed by atoms with Crippen LogP contribution in [0, 0.1) is 6.92 Å². The molecule has 0 bridgehead atoms. The molecule has 1 aliphatic carbocycles. The lowest BCUT2D eigenvalue weighted by Crippen LogP contribution is -2.22. The van der Waals surface area contributed by atoms with Crippen molar-refractivity contribution in [1.82, 2.24) is 14.9 Å². The fraction of sp³-hybridized carbons (Fsp3) is 0.310. The molecular formula is C29H31N3O3. The van der Waals surface area contributed by atoms with Gasteiger partial charge in [-0.1, -0.05) is 61.2 Å². The topological polar surface area (TPSA) is 69.3 Å². The first-order valence-corrected chi connectivity index (χ1v) is 12.3. The van der Waals surface area contributed by atoms with Crippen molar-refractivity contribution in [2.75, 3.05) is 7.11 Å². The smallest absolute Gasteiger partial charge is 0.287 e. The number of rotatable bonds is 7. The Balaban J connectivity index is 1.41. The van der Waals surface area contributed by atoms with Crippen molar-refractivity contribution in [2.24, 2.45) is 0 Å². The van der Waals surface area contributed by atoms with Gasteiger partial charge in [0.15, 0.2) is 11.5 Å². The van der Waals surface area contributed by atoms with Gasteiger partial charge in [0.1, 0.15) is 11.4 Å². The van der Waals surface area contributed by atoms with E-state index in [2.05, 4.69) is 41.1 Å². The minimum Gasteiger partial charge on any atom is -0.497 e. The molecule has 0 spiro atoms. The Bertz CT molecular complexity index is 1280. The molecular weight excluding hydrogens is 438 g/mol. The van der Waals surface area contributed by atoms with Gasteiger partial charge < -0.3 is 19.0 Å². The molecule has 4 aromatic rings. The van der Waals surface area contributed by atoms with Gasteiger partial charge >= 0.3 is 0 Å². The predicted molar refractivity (Wildman–Crippen MR) is 136 cm³/mol. The van der Waals surface area contributed by atoms with Gasteiger partial charge in [0, 0.05) is 18.2 Å². The number of ether oxygens (including phenoxy) is 1. The largest absolute Gasteiger partial charge is 0.497 e. The third-order valence-corrected chi connectivity index (χ3v) is 6.76. The van der Waals surface area contributed by atoms with Crippen molar-refractivity contribution in [3.63, 3.8) is 0 Å². The van der Waals surface area contributed by atoms with Crippen LogP contribution in [0.5, 0.6) is 5.75 Å². The molecule has 1 N–H and O–H groups in total. The maximum absolute atomic E-state index is 12.9.